The number of benzene rings is 1. The minimum absolute atomic E-state index is 0.0173. The van der Waals surface area contributed by atoms with Gasteiger partial charge in [0.2, 0.25) is 15.7 Å². The molecule has 0 N–H and O–H groups in total. The van der Waals surface area contributed by atoms with Gasteiger partial charge in [0.1, 0.15) is 0 Å². The van der Waals surface area contributed by atoms with Gasteiger partial charge in [-0.1, -0.05) is 19.1 Å². The highest BCUT2D eigenvalue weighted by atomic mass is 32.2. The molecule has 0 aromatic heterocycles. The second-order valence-electron chi connectivity index (χ2n) is 5.69. The van der Waals surface area contributed by atoms with E-state index in [-0.39, 0.29) is 12.3 Å². The quantitative estimate of drug-likeness (QED) is 0.852. The van der Waals surface area contributed by atoms with E-state index < -0.39 is 20.5 Å². The molecule has 0 spiro atoms. The van der Waals surface area contributed by atoms with Crippen molar-refractivity contribution < 1.29 is 22.0 Å². The summed E-state index contributed by atoms with van der Waals surface area (Å²) in [6, 6.07) is 5.09. The van der Waals surface area contributed by atoms with Crippen LogP contribution in [0.15, 0.2) is 29.2 Å². The predicted octanol–water partition coefficient (Wildman–Crippen LogP) is 2.48. The lowest BCUT2D eigenvalue weighted by Gasteiger charge is -2.30. The number of alkyl halides is 2. The topological polar surface area (TPSA) is 54.5 Å². The van der Waals surface area contributed by atoms with Crippen molar-refractivity contribution in [3.05, 3.63) is 29.8 Å². The second kappa shape index (κ2) is 6.73. The smallest absolute Gasteiger partial charge is 0.341 e. The number of nitrogens with zero attached hydrogens (tertiary/aromatic N) is 1. The molecule has 1 aromatic rings. The Balaban J connectivity index is 2.01. The molecule has 1 heterocycles. The van der Waals surface area contributed by atoms with Crippen molar-refractivity contribution in [1.82, 2.24) is 4.90 Å². The Kier molecular flexibility index (Phi) is 5.16. The van der Waals surface area contributed by atoms with Crippen LogP contribution in [0.25, 0.3) is 0 Å². The number of carbonyl (C=O) groups is 1. The summed E-state index contributed by atoms with van der Waals surface area (Å²) in [5.41, 5.74) is 0.622. The summed E-state index contributed by atoms with van der Waals surface area (Å²) in [5, 5.41) is 0. The van der Waals surface area contributed by atoms with Gasteiger partial charge < -0.3 is 4.90 Å². The van der Waals surface area contributed by atoms with Gasteiger partial charge in [-0.25, -0.2) is 8.42 Å². The monoisotopic (exact) mass is 331 g/mol. The maximum absolute atomic E-state index is 12.4. The molecule has 0 unspecified atom stereocenters. The van der Waals surface area contributed by atoms with Crippen molar-refractivity contribution in [2.24, 2.45) is 5.92 Å². The molecule has 2 rings (SSSR count). The number of amides is 1. The molecule has 0 bridgehead atoms. The average Bonchev–Trinajstić information content (AvgIpc) is 2.48. The van der Waals surface area contributed by atoms with E-state index >= 15 is 0 Å². The van der Waals surface area contributed by atoms with Crippen molar-refractivity contribution in [2.45, 2.75) is 36.8 Å². The third-order valence-electron chi connectivity index (χ3n) is 3.98. The third-order valence-corrected chi connectivity index (χ3v) is 5.38. The van der Waals surface area contributed by atoms with Crippen LogP contribution in [0.3, 0.4) is 0 Å². The number of hydrogen-bond acceptors (Lipinski definition) is 3. The van der Waals surface area contributed by atoms with Crippen LogP contribution < -0.4 is 0 Å². The predicted molar refractivity (Wildman–Crippen MR) is 78.3 cm³/mol. The summed E-state index contributed by atoms with van der Waals surface area (Å²) in [7, 11) is -4.58. The van der Waals surface area contributed by atoms with E-state index in [1.54, 1.807) is 4.90 Å². The lowest BCUT2D eigenvalue weighted by atomic mass is 9.98. The molecule has 0 radical (unpaired) electrons. The Bertz CT molecular complexity index is 621. The number of piperidine rings is 1. The molecule has 22 heavy (non-hydrogen) atoms. The van der Waals surface area contributed by atoms with E-state index in [9.17, 15) is 22.0 Å². The third kappa shape index (κ3) is 3.82. The van der Waals surface area contributed by atoms with Gasteiger partial charge in [0.25, 0.3) is 0 Å². The first-order valence-corrected chi connectivity index (χ1v) is 8.74. The fraction of sp³-hybridized carbons (Fsp3) is 0.533. The fourth-order valence-electron chi connectivity index (χ4n) is 2.44. The molecule has 1 fully saturated rings. The standard InChI is InChI=1S/C15H19F2NO3S/c1-11-6-8-18(9-7-11)14(19)10-12-2-4-13(5-3-12)22(20,21)15(16)17/h2-5,11,15H,6-10H2,1H3. The Hall–Kier alpha value is -1.50. The summed E-state index contributed by atoms with van der Waals surface area (Å²) in [6.45, 7) is 3.62. The Morgan fingerprint density at radius 3 is 2.27 bits per heavy atom. The first kappa shape index (κ1) is 16.9. The molecule has 0 atom stereocenters. The second-order valence-corrected chi connectivity index (χ2v) is 7.61. The lowest BCUT2D eigenvalue weighted by Crippen LogP contribution is -2.38. The maximum atomic E-state index is 12.4. The van der Waals surface area contributed by atoms with Gasteiger partial charge in [-0.3, -0.25) is 4.79 Å². The number of halogens is 2. The Labute approximate surface area is 129 Å². The van der Waals surface area contributed by atoms with E-state index in [0.717, 1.165) is 38.1 Å². The van der Waals surface area contributed by atoms with Crippen LogP contribution in [0.4, 0.5) is 8.78 Å². The Morgan fingerprint density at radius 2 is 1.77 bits per heavy atom. The number of sulfone groups is 1. The molecule has 1 aromatic carbocycles. The zero-order valence-corrected chi connectivity index (χ0v) is 13.2. The first-order chi connectivity index (χ1) is 10.3. The highest BCUT2D eigenvalue weighted by Crippen LogP contribution is 2.20. The van der Waals surface area contributed by atoms with Crippen molar-refractivity contribution in [3.8, 4) is 0 Å². The average molecular weight is 331 g/mol. The van der Waals surface area contributed by atoms with Crippen LogP contribution in [0.5, 0.6) is 0 Å². The number of likely N-dealkylation sites (tertiary alicyclic amines) is 1. The van der Waals surface area contributed by atoms with Gasteiger partial charge in [-0.05, 0) is 36.5 Å². The van der Waals surface area contributed by atoms with Gasteiger partial charge in [-0.15, -0.1) is 0 Å². The minimum Gasteiger partial charge on any atom is -0.342 e. The molecule has 4 nitrogen and oxygen atoms in total. The molecule has 1 amide bonds. The molecule has 0 aliphatic carbocycles. The van der Waals surface area contributed by atoms with Crippen LogP contribution in [-0.4, -0.2) is 38.1 Å². The van der Waals surface area contributed by atoms with E-state index in [4.69, 9.17) is 0 Å². The lowest BCUT2D eigenvalue weighted by molar-refractivity contribution is -0.131. The molecule has 7 heteroatoms. The van der Waals surface area contributed by atoms with Gasteiger partial charge in [0.15, 0.2) is 0 Å². The highest BCUT2D eigenvalue weighted by molar-refractivity contribution is 7.91. The summed E-state index contributed by atoms with van der Waals surface area (Å²) in [4.78, 5) is 13.5. The summed E-state index contributed by atoms with van der Waals surface area (Å²) < 4.78 is 47.5. The highest BCUT2D eigenvalue weighted by Gasteiger charge is 2.26. The van der Waals surface area contributed by atoms with E-state index in [2.05, 4.69) is 6.92 Å². The summed E-state index contributed by atoms with van der Waals surface area (Å²) in [6.07, 6.45) is 2.12. The molecular weight excluding hydrogens is 312 g/mol. The van der Waals surface area contributed by atoms with Crippen LogP contribution in [0.2, 0.25) is 0 Å². The van der Waals surface area contributed by atoms with Crippen LogP contribution in [0.1, 0.15) is 25.3 Å². The zero-order valence-electron chi connectivity index (χ0n) is 12.3. The van der Waals surface area contributed by atoms with Crippen molar-refractivity contribution in [3.63, 3.8) is 0 Å². The molecule has 0 saturated carbocycles. The van der Waals surface area contributed by atoms with Crippen LogP contribution in [0, 0.1) is 5.92 Å². The van der Waals surface area contributed by atoms with Gasteiger partial charge in [0, 0.05) is 13.1 Å². The summed E-state index contributed by atoms with van der Waals surface area (Å²) in [5.74, 6) is -2.82. The number of rotatable bonds is 4. The van der Waals surface area contributed by atoms with Crippen LogP contribution >= 0.6 is 0 Å². The van der Waals surface area contributed by atoms with Crippen LogP contribution in [-0.2, 0) is 21.1 Å². The van der Waals surface area contributed by atoms with Crippen molar-refractivity contribution in [2.75, 3.05) is 13.1 Å². The van der Waals surface area contributed by atoms with Crippen molar-refractivity contribution >= 4 is 15.7 Å². The number of carbonyl (C=O) groups excluding carboxylic acids is 1. The Morgan fingerprint density at radius 1 is 1.23 bits per heavy atom. The van der Waals surface area contributed by atoms with Gasteiger partial charge in [-0.2, -0.15) is 8.78 Å². The molecule has 1 saturated heterocycles. The van der Waals surface area contributed by atoms with E-state index in [1.165, 1.54) is 12.1 Å². The zero-order chi connectivity index (χ0) is 16.3. The largest absolute Gasteiger partial charge is 0.342 e. The molecule has 122 valence electrons. The first-order valence-electron chi connectivity index (χ1n) is 7.19. The molecule has 1 aliphatic heterocycles. The van der Waals surface area contributed by atoms with Gasteiger partial charge in [0.05, 0.1) is 11.3 Å². The van der Waals surface area contributed by atoms with Gasteiger partial charge >= 0.3 is 5.76 Å². The normalized spacial score (nSPS) is 17.0. The van der Waals surface area contributed by atoms with Crippen molar-refractivity contribution in [1.29, 1.82) is 0 Å². The molecular formula is C15H19F2NO3S. The SMILES string of the molecule is CC1CCN(C(=O)Cc2ccc(S(=O)(=O)C(F)F)cc2)CC1. The summed E-state index contributed by atoms with van der Waals surface area (Å²) >= 11 is 0. The minimum atomic E-state index is -4.58. The van der Waals surface area contributed by atoms with E-state index in [1.807, 2.05) is 0 Å². The fourth-order valence-corrected chi connectivity index (χ4v) is 3.17. The van der Waals surface area contributed by atoms with E-state index in [0.29, 0.717) is 11.5 Å². The number of hydrogen-bond donors (Lipinski definition) is 0. The maximum Gasteiger partial charge on any atom is 0.341 e. The molecule has 1 aliphatic rings.